The summed E-state index contributed by atoms with van der Waals surface area (Å²) in [6, 6.07) is 8.20. The van der Waals surface area contributed by atoms with Crippen molar-refractivity contribution in [3.05, 3.63) is 63.5 Å². The lowest BCUT2D eigenvalue weighted by Crippen LogP contribution is -2.17. The zero-order chi connectivity index (χ0) is 17.3. The number of aryl methyl sites for hydroxylation is 2. The van der Waals surface area contributed by atoms with E-state index in [0.717, 1.165) is 11.4 Å². The minimum atomic E-state index is -0.372. The van der Waals surface area contributed by atoms with Crippen LogP contribution in [0.15, 0.2) is 36.5 Å². The molecular formula is C16H13Cl2N5O. The Morgan fingerprint density at radius 3 is 2.46 bits per heavy atom. The average molecular weight is 362 g/mol. The van der Waals surface area contributed by atoms with E-state index in [-0.39, 0.29) is 10.9 Å². The molecule has 0 saturated heterocycles. The molecule has 122 valence electrons. The topological polar surface area (TPSA) is 72.7 Å². The summed E-state index contributed by atoms with van der Waals surface area (Å²) >= 11 is 11.9. The number of rotatable bonds is 3. The third kappa shape index (κ3) is 3.39. The normalized spacial score (nSPS) is 10.7. The number of carbonyl (C=O) groups excluding carboxylic acids is 1. The van der Waals surface area contributed by atoms with Crippen molar-refractivity contribution in [2.45, 2.75) is 13.8 Å². The van der Waals surface area contributed by atoms with Gasteiger partial charge in [0.05, 0.1) is 16.8 Å². The molecule has 0 spiro atoms. The lowest BCUT2D eigenvalue weighted by Gasteiger charge is -2.09. The summed E-state index contributed by atoms with van der Waals surface area (Å²) in [6.07, 6.45) is 1.56. The van der Waals surface area contributed by atoms with E-state index in [2.05, 4.69) is 20.4 Å². The number of carbonyl (C=O) groups is 1. The van der Waals surface area contributed by atoms with Gasteiger partial charge in [0.2, 0.25) is 0 Å². The predicted octanol–water partition coefficient (Wildman–Crippen LogP) is 3.84. The van der Waals surface area contributed by atoms with Crippen molar-refractivity contribution < 1.29 is 4.79 Å². The quantitative estimate of drug-likeness (QED) is 0.768. The van der Waals surface area contributed by atoms with E-state index in [4.69, 9.17) is 23.2 Å². The van der Waals surface area contributed by atoms with E-state index < -0.39 is 0 Å². The van der Waals surface area contributed by atoms with Gasteiger partial charge in [-0.05, 0) is 38.1 Å². The SMILES string of the molecule is Cc1cc(C)nc(-n2nccc2NC(=O)c2ccc(Cl)cc2Cl)n1. The molecule has 6 nitrogen and oxygen atoms in total. The molecule has 0 aliphatic carbocycles. The van der Waals surface area contributed by atoms with Gasteiger partial charge in [0.25, 0.3) is 11.9 Å². The van der Waals surface area contributed by atoms with Crippen molar-refractivity contribution in [1.82, 2.24) is 19.7 Å². The number of hydrogen-bond acceptors (Lipinski definition) is 4. The number of nitrogens with zero attached hydrogens (tertiary/aromatic N) is 4. The fourth-order valence-electron chi connectivity index (χ4n) is 2.22. The maximum absolute atomic E-state index is 12.4. The molecule has 24 heavy (non-hydrogen) atoms. The minimum absolute atomic E-state index is 0.272. The first-order valence-electron chi connectivity index (χ1n) is 7.07. The largest absolute Gasteiger partial charge is 0.306 e. The van der Waals surface area contributed by atoms with Crippen LogP contribution in [0.2, 0.25) is 10.0 Å². The summed E-state index contributed by atoms with van der Waals surface area (Å²) in [5, 5.41) is 7.67. The van der Waals surface area contributed by atoms with Crippen LogP contribution in [-0.4, -0.2) is 25.7 Å². The first-order valence-corrected chi connectivity index (χ1v) is 7.83. The Bertz CT molecular complexity index is 902. The van der Waals surface area contributed by atoms with Crippen molar-refractivity contribution in [3.63, 3.8) is 0 Å². The molecule has 1 aromatic carbocycles. The van der Waals surface area contributed by atoms with Crippen LogP contribution in [0.3, 0.4) is 0 Å². The Balaban J connectivity index is 1.92. The van der Waals surface area contributed by atoms with E-state index in [1.807, 2.05) is 19.9 Å². The van der Waals surface area contributed by atoms with Crippen LogP contribution in [0, 0.1) is 13.8 Å². The summed E-state index contributed by atoms with van der Waals surface area (Å²) in [5.41, 5.74) is 1.94. The van der Waals surface area contributed by atoms with E-state index in [1.165, 1.54) is 10.7 Å². The van der Waals surface area contributed by atoms with E-state index in [0.29, 0.717) is 22.4 Å². The lowest BCUT2D eigenvalue weighted by molar-refractivity contribution is 0.102. The maximum Gasteiger partial charge on any atom is 0.258 e. The van der Waals surface area contributed by atoms with Gasteiger partial charge in [0.1, 0.15) is 5.82 Å². The molecule has 3 rings (SSSR count). The summed E-state index contributed by atoms with van der Waals surface area (Å²) in [6.45, 7) is 3.74. The van der Waals surface area contributed by atoms with Gasteiger partial charge in [-0.25, -0.2) is 9.97 Å². The highest BCUT2D eigenvalue weighted by Gasteiger charge is 2.15. The third-order valence-electron chi connectivity index (χ3n) is 3.22. The number of aromatic nitrogens is 4. The molecule has 1 N–H and O–H groups in total. The van der Waals surface area contributed by atoms with Gasteiger partial charge in [-0.1, -0.05) is 23.2 Å². The number of amides is 1. The summed E-state index contributed by atoms with van der Waals surface area (Å²) in [5.74, 6) is 0.453. The second kappa shape index (κ2) is 6.59. The average Bonchev–Trinajstić information content (AvgIpc) is 2.94. The van der Waals surface area contributed by atoms with Gasteiger partial charge >= 0.3 is 0 Å². The van der Waals surface area contributed by atoms with E-state index in [1.54, 1.807) is 24.4 Å². The standard InChI is InChI=1S/C16H13Cl2N5O/c1-9-7-10(2)21-16(20-9)23-14(5-6-19-23)22-15(24)12-4-3-11(17)8-13(12)18/h3-8H,1-2H3,(H,22,24). The van der Waals surface area contributed by atoms with Crippen LogP contribution in [0.25, 0.3) is 5.95 Å². The van der Waals surface area contributed by atoms with Crippen molar-refractivity contribution >= 4 is 34.9 Å². The monoisotopic (exact) mass is 361 g/mol. The highest BCUT2D eigenvalue weighted by atomic mass is 35.5. The Hall–Kier alpha value is -2.44. The molecule has 0 unspecified atom stereocenters. The summed E-state index contributed by atoms with van der Waals surface area (Å²) < 4.78 is 1.46. The predicted molar refractivity (Wildman–Crippen MR) is 93.0 cm³/mol. The van der Waals surface area contributed by atoms with Crippen LogP contribution in [0.5, 0.6) is 0 Å². The Morgan fingerprint density at radius 1 is 1.08 bits per heavy atom. The van der Waals surface area contributed by atoms with Crippen molar-refractivity contribution in [3.8, 4) is 5.95 Å². The molecular weight excluding hydrogens is 349 g/mol. The lowest BCUT2D eigenvalue weighted by atomic mass is 10.2. The Morgan fingerprint density at radius 2 is 1.79 bits per heavy atom. The van der Waals surface area contributed by atoms with Gasteiger partial charge in [-0.2, -0.15) is 9.78 Å². The fraction of sp³-hybridized carbons (Fsp3) is 0.125. The highest BCUT2D eigenvalue weighted by Crippen LogP contribution is 2.22. The third-order valence-corrected chi connectivity index (χ3v) is 3.77. The smallest absolute Gasteiger partial charge is 0.258 e. The number of anilines is 1. The molecule has 2 aromatic heterocycles. The molecule has 8 heteroatoms. The number of nitrogens with one attached hydrogen (secondary N) is 1. The van der Waals surface area contributed by atoms with Crippen LogP contribution in [0.4, 0.5) is 5.82 Å². The van der Waals surface area contributed by atoms with Gasteiger partial charge in [-0.3, -0.25) is 4.79 Å². The fourth-order valence-corrected chi connectivity index (χ4v) is 2.71. The molecule has 0 radical (unpaired) electrons. The second-order valence-electron chi connectivity index (χ2n) is 5.16. The van der Waals surface area contributed by atoms with Crippen LogP contribution in [-0.2, 0) is 0 Å². The maximum atomic E-state index is 12.4. The van der Waals surface area contributed by atoms with Crippen molar-refractivity contribution in [1.29, 1.82) is 0 Å². The first kappa shape index (κ1) is 16.4. The van der Waals surface area contributed by atoms with Crippen LogP contribution in [0.1, 0.15) is 21.7 Å². The van der Waals surface area contributed by atoms with Gasteiger partial charge in [-0.15, -0.1) is 0 Å². The zero-order valence-corrected chi connectivity index (χ0v) is 14.4. The molecule has 0 bridgehead atoms. The molecule has 0 saturated carbocycles. The molecule has 1 amide bonds. The number of benzene rings is 1. The first-order chi connectivity index (χ1) is 11.4. The van der Waals surface area contributed by atoms with Gasteiger partial charge in [0, 0.05) is 22.5 Å². The minimum Gasteiger partial charge on any atom is -0.306 e. The zero-order valence-electron chi connectivity index (χ0n) is 12.9. The van der Waals surface area contributed by atoms with Gasteiger partial charge in [0.15, 0.2) is 0 Å². The number of halogens is 2. The van der Waals surface area contributed by atoms with Crippen LogP contribution < -0.4 is 5.32 Å². The van der Waals surface area contributed by atoms with Crippen LogP contribution >= 0.6 is 23.2 Å². The van der Waals surface area contributed by atoms with E-state index >= 15 is 0 Å². The van der Waals surface area contributed by atoms with Crippen molar-refractivity contribution in [2.75, 3.05) is 5.32 Å². The second-order valence-corrected chi connectivity index (χ2v) is 6.00. The number of hydrogen-bond donors (Lipinski definition) is 1. The highest BCUT2D eigenvalue weighted by molar-refractivity contribution is 6.37. The molecule has 3 aromatic rings. The Kier molecular flexibility index (Phi) is 4.51. The molecule has 2 heterocycles. The molecule has 0 aliphatic rings. The van der Waals surface area contributed by atoms with Crippen molar-refractivity contribution in [2.24, 2.45) is 0 Å². The van der Waals surface area contributed by atoms with Gasteiger partial charge < -0.3 is 5.32 Å². The van der Waals surface area contributed by atoms with E-state index in [9.17, 15) is 4.79 Å². The summed E-state index contributed by atoms with van der Waals surface area (Å²) in [7, 11) is 0. The molecule has 0 atom stereocenters. The summed E-state index contributed by atoms with van der Waals surface area (Å²) in [4.78, 5) is 21.1. The molecule has 0 aliphatic heterocycles. The molecule has 0 fully saturated rings. The Labute approximate surface area is 148 Å².